The van der Waals surface area contributed by atoms with Gasteiger partial charge in [0.15, 0.2) is 0 Å². The number of hydrogen-bond acceptors (Lipinski definition) is 1. The lowest BCUT2D eigenvalue weighted by Gasteiger charge is -2.21. The molecule has 1 unspecified atom stereocenters. The van der Waals surface area contributed by atoms with Gasteiger partial charge in [0, 0.05) is 0 Å². The summed E-state index contributed by atoms with van der Waals surface area (Å²) >= 11 is 0. The minimum absolute atomic E-state index is 0.535. The van der Waals surface area contributed by atoms with Crippen molar-refractivity contribution in [3.05, 3.63) is 69.3 Å². The van der Waals surface area contributed by atoms with E-state index in [1.165, 1.54) is 27.8 Å². The second-order valence-electron chi connectivity index (χ2n) is 5.96. The molecule has 0 spiro atoms. The Balaban J connectivity index is 2.56. The van der Waals surface area contributed by atoms with Crippen molar-refractivity contribution in [3.63, 3.8) is 0 Å². The minimum atomic E-state index is -0.535. The van der Waals surface area contributed by atoms with Crippen LogP contribution in [-0.2, 0) is 12.8 Å². The first-order valence-electron chi connectivity index (χ1n) is 7.85. The van der Waals surface area contributed by atoms with E-state index in [1.807, 2.05) is 0 Å². The molecule has 1 nitrogen and oxygen atoms in total. The smallest absolute Gasteiger partial charge is 0.105 e. The molecule has 2 aromatic carbocycles. The molecule has 0 saturated heterocycles. The summed E-state index contributed by atoms with van der Waals surface area (Å²) in [5.74, 6) is 0. The third-order valence-corrected chi connectivity index (χ3v) is 4.31. The quantitative estimate of drug-likeness (QED) is 0.852. The van der Waals surface area contributed by atoms with Crippen molar-refractivity contribution in [2.45, 2.75) is 53.6 Å². The molecule has 1 heteroatoms. The fourth-order valence-corrected chi connectivity index (χ4v) is 3.22. The molecular weight excluding hydrogens is 256 g/mol. The van der Waals surface area contributed by atoms with E-state index in [0.717, 1.165) is 24.0 Å². The van der Waals surface area contributed by atoms with E-state index in [0.29, 0.717) is 0 Å². The SMILES string of the molecule is CCc1ccc(CC)c(C(O)c2c(C)cc(C)cc2C)c1. The highest BCUT2D eigenvalue weighted by Gasteiger charge is 2.18. The number of hydrogen-bond donors (Lipinski definition) is 1. The maximum atomic E-state index is 11.0. The summed E-state index contributed by atoms with van der Waals surface area (Å²) in [6, 6.07) is 10.8. The summed E-state index contributed by atoms with van der Waals surface area (Å²) in [5.41, 5.74) is 8.23. The van der Waals surface area contributed by atoms with Crippen molar-refractivity contribution in [2.24, 2.45) is 0 Å². The van der Waals surface area contributed by atoms with Gasteiger partial charge in [0.2, 0.25) is 0 Å². The maximum Gasteiger partial charge on any atom is 0.105 e. The van der Waals surface area contributed by atoms with Gasteiger partial charge in [0.05, 0.1) is 0 Å². The van der Waals surface area contributed by atoms with Crippen LogP contribution in [0.3, 0.4) is 0 Å². The Kier molecular flexibility index (Phi) is 4.84. The average Bonchev–Trinajstić information content (AvgIpc) is 2.45. The molecule has 2 aromatic rings. The van der Waals surface area contributed by atoms with Gasteiger partial charge in [0.1, 0.15) is 6.10 Å². The summed E-state index contributed by atoms with van der Waals surface area (Å²) < 4.78 is 0. The second kappa shape index (κ2) is 6.44. The van der Waals surface area contributed by atoms with Gasteiger partial charge in [-0.2, -0.15) is 0 Å². The van der Waals surface area contributed by atoms with Crippen LogP contribution in [0.1, 0.15) is 58.9 Å². The van der Waals surface area contributed by atoms with Crippen molar-refractivity contribution in [1.29, 1.82) is 0 Å². The first-order chi connectivity index (χ1) is 9.97. The van der Waals surface area contributed by atoms with E-state index in [-0.39, 0.29) is 0 Å². The van der Waals surface area contributed by atoms with Gasteiger partial charge in [-0.05, 0) is 67.0 Å². The first-order valence-corrected chi connectivity index (χ1v) is 7.85. The molecule has 0 bridgehead atoms. The summed E-state index contributed by atoms with van der Waals surface area (Å²) in [6.07, 6.45) is 1.41. The van der Waals surface area contributed by atoms with Crippen molar-refractivity contribution >= 4 is 0 Å². The van der Waals surface area contributed by atoms with Crippen LogP contribution in [0.5, 0.6) is 0 Å². The van der Waals surface area contributed by atoms with Crippen LogP contribution >= 0.6 is 0 Å². The van der Waals surface area contributed by atoms with Crippen LogP contribution < -0.4 is 0 Å². The minimum Gasteiger partial charge on any atom is -0.384 e. The summed E-state index contributed by atoms with van der Waals surface area (Å²) in [4.78, 5) is 0. The molecule has 112 valence electrons. The van der Waals surface area contributed by atoms with Gasteiger partial charge in [0.25, 0.3) is 0 Å². The molecule has 0 saturated carbocycles. The second-order valence-corrected chi connectivity index (χ2v) is 5.96. The Hall–Kier alpha value is -1.60. The van der Waals surface area contributed by atoms with Crippen molar-refractivity contribution in [3.8, 4) is 0 Å². The van der Waals surface area contributed by atoms with Crippen LogP contribution in [0.4, 0.5) is 0 Å². The van der Waals surface area contributed by atoms with Crippen molar-refractivity contribution < 1.29 is 5.11 Å². The third kappa shape index (κ3) is 3.19. The molecule has 0 heterocycles. The number of rotatable bonds is 4. The van der Waals surface area contributed by atoms with E-state index in [4.69, 9.17) is 0 Å². The Morgan fingerprint density at radius 3 is 2.05 bits per heavy atom. The van der Waals surface area contributed by atoms with Crippen LogP contribution in [0.2, 0.25) is 0 Å². The molecule has 1 atom stereocenters. The van der Waals surface area contributed by atoms with Crippen LogP contribution in [-0.4, -0.2) is 5.11 Å². The van der Waals surface area contributed by atoms with Crippen LogP contribution in [0.15, 0.2) is 30.3 Å². The summed E-state index contributed by atoms with van der Waals surface area (Å²) in [5, 5.41) is 11.0. The van der Waals surface area contributed by atoms with E-state index in [2.05, 4.69) is 65.0 Å². The van der Waals surface area contributed by atoms with Gasteiger partial charge in [-0.25, -0.2) is 0 Å². The van der Waals surface area contributed by atoms with Gasteiger partial charge >= 0.3 is 0 Å². The zero-order valence-electron chi connectivity index (χ0n) is 13.8. The van der Waals surface area contributed by atoms with Crippen LogP contribution in [0, 0.1) is 20.8 Å². The third-order valence-electron chi connectivity index (χ3n) is 4.31. The number of aliphatic hydroxyl groups excluding tert-OH is 1. The van der Waals surface area contributed by atoms with E-state index >= 15 is 0 Å². The molecule has 2 rings (SSSR count). The van der Waals surface area contributed by atoms with Crippen LogP contribution in [0.25, 0.3) is 0 Å². The lowest BCUT2D eigenvalue weighted by molar-refractivity contribution is 0.217. The van der Waals surface area contributed by atoms with Gasteiger partial charge in [-0.1, -0.05) is 49.7 Å². The Bertz CT molecular complexity index is 617. The first kappa shape index (κ1) is 15.8. The monoisotopic (exact) mass is 282 g/mol. The van der Waals surface area contributed by atoms with Gasteiger partial charge in [-0.15, -0.1) is 0 Å². The molecule has 0 radical (unpaired) electrons. The molecule has 0 aliphatic heterocycles. The standard InChI is InChI=1S/C20H26O/c1-6-16-8-9-17(7-2)18(12-16)20(21)19-14(4)10-13(3)11-15(19)5/h8-12,20-21H,6-7H2,1-5H3. The molecular formula is C20H26O. The number of aryl methyl sites for hydroxylation is 5. The average molecular weight is 282 g/mol. The van der Waals surface area contributed by atoms with E-state index in [9.17, 15) is 5.11 Å². The largest absolute Gasteiger partial charge is 0.384 e. The summed E-state index contributed by atoms with van der Waals surface area (Å²) in [7, 11) is 0. The predicted molar refractivity (Wildman–Crippen MR) is 89.9 cm³/mol. The molecule has 0 aliphatic carbocycles. The van der Waals surface area contributed by atoms with Crippen molar-refractivity contribution in [1.82, 2.24) is 0 Å². The van der Waals surface area contributed by atoms with E-state index < -0.39 is 6.10 Å². The van der Waals surface area contributed by atoms with Crippen molar-refractivity contribution in [2.75, 3.05) is 0 Å². The van der Waals surface area contributed by atoms with Gasteiger partial charge < -0.3 is 5.11 Å². The highest BCUT2D eigenvalue weighted by Crippen LogP contribution is 2.31. The fraction of sp³-hybridized carbons (Fsp3) is 0.400. The highest BCUT2D eigenvalue weighted by atomic mass is 16.3. The predicted octanol–water partition coefficient (Wildman–Crippen LogP) is 4.82. The maximum absolute atomic E-state index is 11.0. The molecule has 0 aromatic heterocycles. The molecule has 21 heavy (non-hydrogen) atoms. The zero-order valence-corrected chi connectivity index (χ0v) is 13.8. The van der Waals surface area contributed by atoms with Gasteiger partial charge in [-0.3, -0.25) is 0 Å². The highest BCUT2D eigenvalue weighted by molar-refractivity contribution is 5.46. The normalized spacial score (nSPS) is 12.5. The fourth-order valence-electron chi connectivity index (χ4n) is 3.22. The number of aliphatic hydroxyl groups is 1. The molecule has 0 fully saturated rings. The zero-order chi connectivity index (χ0) is 15.6. The topological polar surface area (TPSA) is 20.2 Å². The number of benzene rings is 2. The van der Waals surface area contributed by atoms with E-state index in [1.54, 1.807) is 0 Å². The lowest BCUT2D eigenvalue weighted by Crippen LogP contribution is -2.08. The summed E-state index contributed by atoms with van der Waals surface area (Å²) in [6.45, 7) is 10.6. The molecule has 1 N–H and O–H groups in total. The Morgan fingerprint density at radius 1 is 0.905 bits per heavy atom. The molecule has 0 aliphatic rings. The Labute approximate surface area is 128 Å². The Morgan fingerprint density at radius 2 is 1.52 bits per heavy atom. The molecule has 0 amide bonds. The lowest BCUT2D eigenvalue weighted by atomic mass is 9.88.